The van der Waals surface area contributed by atoms with Crippen molar-refractivity contribution < 1.29 is 9.47 Å². The van der Waals surface area contributed by atoms with Crippen LogP contribution in [0.2, 0.25) is 0 Å². The third-order valence-electron chi connectivity index (χ3n) is 3.42. The minimum absolute atomic E-state index is 0.144. The summed E-state index contributed by atoms with van der Waals surface area (Å²) in [6, 6.07) is 7.22. The molecule has 0 radical (unpaired) electrons. The van der Waals surface area contributed by atoms with Gasteiger partial charge in [-0.05, 0) is 30.2 Å². The SMILES string of the molecule is CCCOc1ccc(/C=C/c2cc(=O)[nH]c(C(C)C)n2)cc1OC. The number of ether oxygens (including phenoxy) is 2. The molecule has 0 aliphatic carbocycles. The Bertz CT molecular complexity index is 763. The second-order valence-corrected chi connectivity index (χ2v) is 5.80. The molecule has 2 aromatic rings. The normalized spacial score (nSPS) is 11.2. The minimum atomic E-state index is -0.144. The van der Waals surface area contributed by atoms with Crippen LogP contribution in [0.15, 0.2) is 29.1 Å². The molecule has 1 aromatic heterocycles. The van der Waals surface area contributed by atoms with Crippen molar-refractivity contribution in [3.63, 3.8) is 0 Å². The van der Waals surface area contributed by atoms with E-state index in [9.17, 15) is 4.79 Å². The average Bonchev–Trinajstić information content (AvgIpc) is 2.57. The number of hydrogen-bond acceptors (Lipinski definition) is 4. The topological polar surface area (TPSA) is 64.2 Å². The fraction of sp³-hybridized carbons (Fsp3) is 0.368. The maximum atomic E-state index is 11.7. The van der Waals surface area contributed by atoms with E-state index in [0.717, 1.165) is 17.7 Å². The van der Waals surface area contributed by atoms with Gasteiger partial charge in [-0.2, -0.15) is 0 Å². The Labute approximate surface area is 142 Å². The Morgan fingerprint density at radius 2 is 2.00 bits per heavy atom. The quantitative estimate of drug-likeness (QED) is 0.838. The van der Waals surface area contributed by atoms with Crippen LogP contribution in [0.5, 0.6) is 11.5 Å². The maximum Gasteiger partial charge on any atom is 0.251 e. The van der Waals surface area contributed by atoms with Gasteiger partial charge in [0.05, 0.1) is 19.4 Å². The zero-order valence-corrected chi connectivity index (χ0v) is 14.6. The molecule has 0 atom stereocenters. The first-order valence-electron chi connectivity index (χ1n) is 8.13. The molecule has 0 aliphatic rings. The van der Waals surface area contributed by atoms with Gasteiger partial charge in [0, 0.05) is 12.0 Å². The number of nitrogens with zero attached hydrogens (tertiary/aromatic N) is 1. The zero-order valence-electron chi connectivity index (χ0n) is 14.6. The molecule has 1 aromatic carbocycles. The van der Waals surface area contributed by atoms with Crippen molar-refractivity contribution in [2.24, 2.45) is 0 Å². The van der Waals surface area contributed by atoms with E-state index in [-0.39, 0.29) is 11.5 Å². The van der Waals surface area contributed by atoms with Gasteiger partial charge in [0.1, 0.15) is 5.82 Å². The van der Waals surface area contributed by atoms with Crippen LogP contribution in [0.4, 0.5) is 0 Å². The summed E-state index contributed by atoms with van der Waals surface area (Å²) in [4.78, 5) is 18.9. The van der Waals surface area contributed by atoms with Gasteiger partial charge in [0.25, 0.3) is 5.56 Å². The Morgan fingerprint density at radius 1 is 1.21 bits per heavy atom. The van der Waals surface area contributed by atoms with E-state index < -0.39 is 0 Å². The smallest absolute Gasteiger partial charge is 0.251 e. The molecule has 128 valence electrons. The van der Waals surface area contributed by atoms with Crippen molar-refractivity contribution in [2.45, 2.75) is 33.1 Å². The summed E-state index contributed by atoms with van der Waals surface area (Å²) in [5.74, 6) is 2.27. The molecule has 0 amide bonds. The standard InChI is InChI=1S/C19H24N2O3/c1-5-10-24-16-9-7-14(11-17(16)23-4)6-8-15-12-18(22)21-19(20-15)13(2)3/h6-9,11-13H,5,10H2,1-4H3,(H,20,21,22)/b8-6+. The van der Waals surface area contributed by atoms with Gasteiger partial charge in [0.2, 0.25) is 0 Å². The molecule has 5 heteroatoms. The molecule has 0 unspecified atom stereocenters. The lowest BCUT2D eigenvalue weighted by molar-refractivity contribution is 0.294. The summed E-state index contributed by atoms with van der Waals surface area (Å²) < 4.78 is 11.0. The van der Waals surface area contributed by atoms with Gasteiger partial charge in [-0.3, -0.25) is 4.79 Å². The van der Waals surface area contributed by atoms with Gasteiger partial charge in [0.15, 0.2) is 11.5 Å². The summed E-state index contributed by atoms with van der Waals surface area (Å²) in [6.07, 6.45) is 4.66. The van der Waals surface area contributed by atoms with Crippen molar-refractivity contribution in [1.29, 1.82) is 0 Å². The van der Waals surface area contributed by atoms with Gasteiger partial charge in [-0.15, -0.1) is 0 Å². The molecule has 0 spiro atoms. The van der Waals surface area contributed by atoms with E-state index in [1.165, 1.54) is 6.07 Å². The maximum absolute atomic E-state index is 11.7. The predicted octanol–water partition coefficient (Wildman–Crippen LogP) is 3.86. The van der Waals surface area contributed by atoms with Crippen LogP contribution in [-0.2, 0) is 0 Å². The number of H-pyrrole nitrogens is 1. The summed E-state index contributed by atoms with van der Waals surface area (Å²) in [6.45, 7) is 6.70. The number of benzene rings is 1. The lowest BCUT2D eigenvalue weighted by atomic mass is 10.1. The molecule has 0 fully saturated rings. The van der Waals surface area contributed by atoms with E-state index in [4.69, 9.17) is 9.47 Å². The molecule has 1 heterocycles. The average molecular weight is 328 g/mol. The minimum Gasteiger partial charge on any atom is -0.493 e. The Morgan fingerprint density at radius 3 is 2.67 bits per heavy atom. The number of aromatic amines is 1. The van der Waals surface area contributed by atoms with Crippen LogP contribution < -0.4 is 15.0 Å². The fourth-order valence-corrected chi connectivity index (χ4v) is 2.16. The van der Waals surface area contributed by atoms with E-state index in [1.54, 1.807) is 7.11 Å². The lowest BCUT2D eigenvalue weighted by Crippen LogP contribution is -2.12. The van der Waals surface area contributed by atoms with Crippen LogP contribution in [0.1, 0.15) is 50.2 Å². The van der Waals surface area contributed by atoms with Gasteiger partial charge in [-0.25, -0.2) is 4.98 Å². The molecular weight excluding hydrogens is 304 g/mol. The molecule has 0 saturated carbocycles. The monoisotopic (exact) mass is 328 g/mol. The number of rotatable bonds is 7. The molecule has 24 heavy (non-hydrogen) atoms. The third kappa shape index (κ3) is 4.72. The second kappa shape index (κ2) is 8.34. The molecule has 2 rings (SSSR count). The molecule has 0 bridgehead atoms. The highest BCUT2D eigenvalue weighted by Gasteiger charge is 2.05. The van der Waals surface area contributed by atoms with Gasteiger partial charge >= 0.3 is 0 Å². The third-order valence-corrected chi connectivity index (χ3v) is 3.42. The highest BCUT2D eigenvalue weighted by Crippen LogP contribution is 2.28. The first-order valence-corrected chi connectivity index (χ1v) is 8.13. The van der Waals surface area contributed by atoms with Crippen molar-refractivity contribution in [3.05, 3.63) is 51.7 Å². The van der Waals surface area contributed by atoms with Crippen LogP contribution in [0, 0.1) is 0 Å². The summed E-state index contributed by atoms with van der Waals surface area (Å²) in [5, 5.41) is 0. The molecule has 0 saturated heterocycles. The van der Waals surface area contributed by atoms with Crippen LogP contribution >= 0.6 is 0 Å². The zero-order chi connectivity index (χ0) is 17.5. The molecular formula is C19H24N2O3. The van der Waals surface area contributed by atoms with Gasteiger partial charge < -0.3 is 14.5 Å². The number of methoxy groups -OCH3 is 1. The molecule has 0 aliphatic heterocycles. The Kier molecular flexibility index (Phi) is 6.18. The van der Waals surface area contributed by atoms with E-state index in [1.807, 2.05) is 44.2 Å². The number of nitrogens with one attached hydrogen (secondary N) is 1. The highest BCUT2D eigenvalue weighted by molar-refractivity contribution is 5.69. The molecule has 5 nitrogen and oxygen atoms in total. The first-order chi connectivity index (χ1) is 11.5. The van der Waals surface area contributed by atoms with Crippen LogP contribution in [0.25, 0.3) is 12.2 Å². The van der Waals surface area contributed by atoms with Crippen molar-refractivity contribution in [3.8, 4) is 11.5 Å². The van der Waals surface area contributed by atoms with E-state index in [0.29, 0.717) is 23.9 Å². The lowest BCUT2D eigenvalue weighted by Gasteiger charge is -2.10. The summed E-state index contributed by atoms with van der Waals surface area (Å²) in [5.41, 5.74) is 1.44. The predicted molar refractivity (Wildman–Crippen MR) is 96.7 cm³/mol. The number of aromatic nitrogens is 2. The second-order valence-electron chi connectivity index (χ2n) is 5.80. The first kappa shape index (κ1) is 17.8. The van der Waals surface area contributed by atoms with Crippen molar-refractivity contribution in [1.82, 2.24) is 9.97 Å². The van der Waals surface area contributed by atoms with Crippen molar-refractivity contribution in [2.75, 3.05) is 13.7 Å². The largest absolute Gasteiger partial charge is 0.493 e. The Balaban J connectivity index is 2.24. The van der Waals surface area contributed by atoms with E-state index in [2.05, 4.69) is 16.9 Å². The fourth-order valence-electron chi connectivity index (χ4n) is 2.16. The summed E-state index contributed by atoms with van der Waals surface area (Å²) in [7, 11) is 1.62. The van der Waals surface area contributed by atoms with Crippen LogP contribution in [-0.4, -0.2) is 23.7 Å². The molecule has 1 N–H and O–H groups in total. The Hall–Kier alpha value is -2.56. The highest BCUT2D eigenvalue weighted by atomic mass is 16.5. The van der Waals surface area contributed by atoms with E-state index >= 15 is 0 Å². The summed E-state index contributed by atoms with van der Waals surface area (Å²) >= 11 is 0. The van der Waals surface area contributed by atoms with Crippen LogP contribution in [0.3, 0.4) is 0 Å². The van der Waals surface area contributed by atoms with Gasteiger partial charge in [-0.1, -0.05) is 32.9 Å². The van der Waals surface area contributed by atoms with Crippen molar-refractivity contribution >= 4 is 12.2 Å². The number of hydrogen-bond donors (Lipinski definition) is 1.